The third-order valence-electron chi connectivity index (χ3n) is 2.65. The maximum atomic E-state index is 13.1. The van der Waals surface area contributed by atoms with Crippen molar-refractivity contribution in [2.75, 3.05) is 5.43 Å². The van der Waals surface area contributed by atoms with Crippen molar-refractivity contribution in [1.29, 1.82) is 0 Å². The summed E-state index contributed by atoms with van der Waals surface area (Å²) in [6.07, 6.45) is 0. The zero-order chi connectivity index (χ0) is 13.3. The van der Waals surface area contributed by atoms with Crippen molar-refractivity contribution in [3.8, 4) is 11.4 Å². The Hall–Kier alpha value is -2.08. The van der Waals surface area contributed by atoms with Crippen LogP contribution in [0.3, 0.4) is 0 Å². The fourth-order valence-electron chi connectivity index (χ4n) is 1.58. The van der Waals surface area contributed by atoms with Gasteiger partial charge in [-0.3, -0.25) is 0 Å². The molecule has 0 aliphatic heterocycles. The van der Waals surface area contributed by atoms with E-state index >= 15 is 0 Å². The zero-order valence-corrected chi connectivity index (χ0v) is 9.96. The number of aryl methyl sites for hydroxylation is 1. The van der Waals surface area contributed by atoms with E-state index < -0.39 is 11.6 Å². The van der Waals surface area contributed by atoms with E-state index in [1.807, 2.05) is 0 Å². The van der Waals surface area contributed by atoms with E-state index in [0.717, 1.165) is 11.6 Å². The van der Waals surface area contributed by atoms with Crippen LogP contribution < -0.4 is 11.3 Å². The summed E-state index contributed by atoms with van der Waals surface area (Å²) in [6.45, 7) is 3.58. The number of hydrogen-bond acceptors (Lipinski definition) is 4. The minimum atomic E-state index is -0.672. The number of aromatic nitrogens is 2. The van der Waals surface area contributed by atoms with Gasteiger partial charge in [-0.2, -0.15) is 0 Å². The number of nitrogens with two attached hydrogens (primary N) is 1. The topological polar surface area (TPSA) is 63.8 Å². The van der Waals surface area contributed by atoms with Gasteiger partial charge in [0.25, 0.3) is 0 Å². The fraction of sp³-hybridized carbons (Fsp3) is 0.167. The van der Waals surface area contributed by atoms with Crippen LogP contribution >= 0.6 is 0 Å². The van der Waals surface area contributed by atoms with Crippen molar-refractivity contribution in [3.05, 3.63) is 41.1 Å². The number of nitrogens with one attached hydrogen (secondary N) is 1. The molecule has 2 aromatic rings. The van der Waals surface area contributed by atoms with Crippen LogP contribution in [0.15, 0.2) is 18.2 Å². The van der Waals surface area contributed by atoms with Gasteiger partial charge in [0.2, 0.25) is 0 Å². The molecule has 0 radical (unpaired) electrons. The Morgan fingerprint density at radius 3 is 2.22 bits per heavy atom. The number of rotatable bonds is 2. The molecule has 0 saturated carbocycles. The molecule has 0 unspecified atom stereocenters. The van der Waals surface area contributed by atoms with Gasteiger partial charge in [-0.05, 0) is 26.0 Å². The molecule has 2 rings (SSSR count). The molecule has 0 bridgehead atoms. The Balaban J connectivity index is 2.60. The second-order valence-electron chi connectivity index (χ2n) is 3.91. The van der Waals surface area contributed by atoms with Crippen molar-refractivity contribution in [2.45, 2.75) is 13.8 Å². The summed E-state index contributed by atoms with van der Waals surface area (Å²) in [6, 6.07) is 3.15. The maximum Gasteiger partial charge on any atom is 0.162 e. The number of hydrazine groups is 1. The Morgan fingerprint density at radius 1 is 1.06 bits per heavy atom. The van der Waals surface area contributed by atoms with Crippen molar-refractivity contribution in [3.63, 3.8) is 0 Å². The van der Waals surface area contributed by atoms with Gasteiger partial charge in [-0.1, -0.05) is 0 Å². The quantitative estimate of drug-likeness (QED) is 0.634. The van der Waals surface area contributed by atoms with E-state index in [-0.39, 0.29) is 11.4 Å². The van der Waals surface area contributed by atoms with E-state index in [0.29, 0.717) is 11.5 Å². The molecule has 4 nitrogen and oxygen atoms in total. The predicted octanol–water partition coefficient (Wildman–Crippen LogP) is 2.32. The smallest absolute Gasteiger partial charge is 0.162 e. The Morgan fingerprint density at radius 2 is 1.67 bits per heavy atom. The lowest BCUT2D eigenvalue weighted by molar-refractivity contribution is 0.584. The summed E-state index contributed by atoms with van der Waals surface area (Å²) in [7, 11) is 0. The van der Waals surface area contributed by atoms with E-state index in [2.05, 4.69) is 15.4 Å². The van der Waals surface area contributed by atoms with E-state index in [1.54, 1.807) is 13.8 Å². The molecular weight excluding hydrogens is 238 g/mol. The second kappa shape index (κ2) is 4.66. The molecule has 18 heavy (non-hydrogen) atoms. The van der Waals surface area contributed by atoms with Crippen LogP contribution in [0, 0.1) is 25.5 Å². The lowest BCUT2D eigenvalue weighted by Crippen LogP contribution is -2.12. The van der Waals surface area contributed by atoms with Crippen LogP contribution in [0.4, 0.5) is 14.6 Å². The first-order valence-electron chi connectivity index (χ1n) is 5.29. The van der Waals surface area contributed by atoms with Gasteiger partial charge in [0, 0.05) is 22.9 Å². The Bertz CT molecular complexity index is 579. The molecule has 1 aromatic carbocycles. The van der Waals surface area contributed by atoms with E-state index in [1.165, 1.54) is 12.1 Å². The highest BCUT2D eigenvalue weighted by molar-refractivity contribution is 5.59. The summed E-state index contributed by atoms with van der Waals surface area (Å²) in [4.78, 5) is 8.32. The third kappa shape index (κ3) is 2.28. The number of anilines is 1. The van der Waals surface area contributed by atoms with Crippen LogP contribution in [-0.4, -0.2) is 9.97 Å². The molecule has 0 amide bonds. The molecule has 0 atom stereocenters. The van der Waals surface area contributed by atoms with Crippen molar-refractivity contribution >= 4 is 5.82 Å². The van der Waals surface area contributed by atoms with Crippen molar-refractivity contribution in [1.82, 2.24) is 9.97 Å². The highest BCUT2D eigenvalue weighted by Gasteiger charge is 2.10. The van der Waals surface area contributed by atoms with Crippen molar-refractivity contribution in [2.24, 2.45) is 5.84 Å². The number of nitrogen functional groups attached to an aromatic ring is 1. The average molecular weight is 250 g/mol. The largest absolute Gasteiger partial charge is 0.308 e. The number of halogens is 2. The van der Waals surface area contributed by atoms with Crippen LogP contribution in [-0.2, 0) is 0 Å². The summed E-state index contributed by atoms with van der Waals surface area (Å²) in [5, 5.41) is 0. The molecule has 3 N–H and O–H groups in total. The van der Waals surface area contributed by atoms with Gasteiger partial charge in [0.1, 0.15) is 17.5 Å². The molecule has 0 spiro atoms. The van der Waals surface area contributed by atoms with Crippen LogP contribution in [0.25, 0.3) is 11.4 Å². The molecule has 0 fully saturated rings. The first-order chi connectivity index (χ1) is 8.51. The highest BCUT2D eigenvalue weighted by Crippen LogP contribution is 2.22. The molecular formula is C12H12F2N4. The number of benzene rings is 1. The first kappa shape index (κ1) is 12.4. The monoisotopic (exact) mass is 250 g/mol. The Labute approximate surface area is 103 Å². The van der Waals surface area contributed by atoms with Gasteiger partial charge in [0.05, 0.1) is 0 Å². The molecule has 6 heteroatoms. The fourth-order valence-corrected chi connectivity index (χ4v) is 1.58. The second-order valence-corrected chi connectivity index (χ2v) is 3.91. The highest BCUT2D eigenvalue weighted by atomic mass is 19.1. The number of nitrogens with zero attached hydrogens (tertiary/aromatic N) is 2. The summed E-state index contributed by atoms with van der Waals surface area (Å²) >= 11 is 0. The molecule has 0 aliphatic rings. The number of hydrogen-bond donors (Lipinski definition) is 2. The first-order valence-corrected chi connectivity index (χ1v) is 5.29. The predicted molar refractivity (Wildman–Crippen MR) is 64.7 cm³/mol. The van der Waals surface area contributed by atoms with Crippen LogP contribution in [0.1, 0.15) is 11.3 Å². The standard InChI is InChI=1S/C12H12F2N4/c1-6-7(2)16-12(17-11(6)18-15)8-3-9(13)5-10(14)4-8/h3-5H,15H2,1-2H3,(H,16,17,18). The molecule has 94 valence electrons. The normalized spacial score (nSPS) is 10.5. The maximum absolute atomic E-state index is 13.1. The van der Waals surface area contributed by atoms with Crippen LogP contribution in [0.5, 0.6) is 0 Å². The summed E-state index contributed by atoms with van der Waals surface area (Å²) in [5.41, 5.74) is 4.19. The van der Waals surface area contributed by atoms with Crippen LogP contribution in [0.2, 0.25) is 0 Å². The van der Waals surface area contributed by atoms with Gasteiger partial charge < -0.3 is 5.43 Å². The SMILES string of the molecule is Cc1nc(-c2cc(F)cc(F)c2)nc(NN)c1C. The molecule has 0 saturated heterocycles. The lowest BCUT2D eigenvalue weighted by atomic mass is 10.1. The van der Waals surface area contributed by atoms with Gasteiger partial charge in [0.15, 0.2) is 5.82 Å². The van der Waals surface area contributed by atoms with Gasteiger partial charge in [-0.25, -0.2) is 24.6 Å². The molecule has 1 heterocycles. The minimum absolute atomic E-state index is 0.226. The molecule has 1 aromatic heterocycles. The summed E-state index contributed by atoms with van der Waals surface area (Å²) in [5.74, 6) is 4.65. The average Bonchev–Trinajstić information content (AvgIpc) is 2.31. The van der Waals surface area contributed by atoms with Gasteiger partial charge in [-0.15, -0.1) is 0 Å². The minimum Gasteiger partial charge on any atom is -0.308 e. The summed E-state index contributed by atoms with van der Waals surface area (Å²) < 4.78 is 26.3. The zero-order valence-electron chi connectivity index (χ0n) is 9.96. The lowest BCUT2D eigenvalue weighted by Gasteiger charge is -2.09. The third-order valence-corrected chi connectivity index (χ3v) is 2.65. The van der Waals surface area contributed by atoms with E-state index in [4.69, 9.17) is 5.84 Å². The van der Waals surface area contributed by atoms with Crippen molar-refractivity contribution < 1.29 is 8.78 Å². The van der Waals surface area contributed by atoms with E-state index in [9.17, 15) is 8.78 Å². The molecule has 0 aliphatic carbocycles. The van der Waals surface area contributed by atoms with Gasteiger partial charge >= 0.3 is 0 Å². The Kier molecular flexibility index (Phi) is 3.20.